The number of carbonyl (C=O) groups is 1. The fraction of sp³-hybridized carbons (Fsp3) is 0.706. The van der Waals surface area contributed by atoms with Crippen LogP contribution in [0.5, 0.6) is 0 Å². The van der Waals surface area contributed by atoms with Crippen LogP contribution in [0, 0.1) is 12.8 Å². The number of rotatable bonds is 7. The molecule has 2 aliphatic rings. The van der Waals surface area contributed by atoms with Crippen LogP contribution in [-0.2, 0) is 16.0 Å². The third-order valence-electron chi connectivity index (χ3n) is 4.85. The Morgan fingerprint density at radius 3 is 2.75 bits per heavy atom. The van der Waals surface area contributed by atoms with E-state index < -0.39 is 18.2 Å². The van der Waals surface area contributed by atoms with Crippen molar-refractivity contribution in [3.05, 3.63) is 27.7 Å². The first-order valence-electron chi connectivity index (χ1n) is 8.51. The van der Waals surface area contributed by atoms with Crippen molar-refractivity contribution in [3.63, 3.8) is 0 Å². The van der Waals surface area contributed by atoms with Crippen LogP contribution in [0.4, 0.5) is 4.39 Å². The number of halogens is 1. The van der Waals surface area contributed by atoms with Crippen LogP contribution < -0.4 is 5.56 Å². The zero-order valence-electron chi connectivity index (χ0n) is 14.2. The highest BCUT2D eigenvalue weighted by Crippen LogP contribution is 2.36. The number of esters is 1. The Kier molecular flexibility index (Phi) is 4.99. The predicted octanol–water partition coefficient (Wildman–Crippen LogP) is 1.26. The number of methoxy groups -OCH3 is 1. The number of ether oxygens (including phenoxy) is 1. The second-order valence-electron chi connectivity index (χ2n) is 6.88. The van der Waals surface area contributed by atoms with Crippen molar-refractivity contribution in [2.75, 3.05) is 26.7 Å². The fourth-order valence-electron chi connectivity index (χ4n) is 3.12. The molecule has 1 aromatic rings. The molecule has 2 fully saturated rings. The second kappa shape index (κ2) is 7.01. The standard InChI is InChI=1S/C17H24FN3O3/c1-11-7-16(22)21(15(17(23)24-2)8-12-3-4-12)19-14(11)5-6-20-9-13(18)10-20/h7,12-13,15H,3-6,8-10H2,1-2H3. The Balaban J connectivity index is 1.78. The largest absolute Gasteiger partial charge is 0.467 e. The summed E-state index contributed by atoms with van der Waals surface area (Å²) < 4.78 is 19.0. The third-order valence-corrected chi connectivity index (χ3v) is 4.85. The highest BCUT2D eigenvalue weighted by Gasteiger charge is 2.33. The summed E-state index contributed by atoms with van der Waals surface area (Å²) >= 11 is 0. The molecule has 0 bridgehead atoms. The summed E-state index contributed by atoms with van der Waals surface area (Å²) in [7, 11) is 1.33. The molecule has 132 valence electrons. The van der Waals surface area contributed by atoms with Gasteiger partial charge in [0.15, 0.2) is 6.04 Å². The number of likely N-dealkylation sites (tertiary alicyclic amines) is 1. The van der Waals surface area contributed by atoms with Crippen molar-refractivity contribution in [1.82, 2.24) is 14.7 Å². The number of alkyl halides is 1. The molecular weight excluding hydrogens is 313 g/mol. The molecular formula is C17H24FN3O3. The molecule has 0 amide bonds. The van der Waals surface area contributed by atoms with E-state index in [0.717, 1.165) is 24.1 Å². The van der Waals surface area contributed by atoms with Crippen molar-refractivity contribution in [3.8, 4) is 0 Å². The lowest BCUT2D eigenvalue weighted by molar-refractivity contribution is -0.145. The van der Waals surface area contributed by atoms with Gasteiger partial charge in [0, 0.05) is 32.1 Å². The summed E-state index contributed by atoms with van der Waals surface area (Å²) in [5.74, 6) is 0.0458. The molecule has 0 N–H and O–H groups in total. The molecule has 6 nitrogen and oxygen atoms in total. The molecule has 0 spiro atoms. The molecule has 0 radical (unpaired) electrons. The van der Waals surface area contributed by atoms with Crippen LogP contribution in [0.3, 0.4) is 0 Å². The van der Waals surface area contributed by atoms with E-state index in [1.54, 1.807) is 0 Å². The van der Waals surface area contributed by atoms with Gasteiger partial charge in [0.1, 0.15) is 6.17 Å². The Labute approximate surface area is 140 Å². The fourth-order valence-corrected chi connectivity index (χ4v) is 3.12. The molecule has 24 heavy (non-hydrogen) atoms. The Hall–Kier alpha value is -1.76. The zero-order chi connectivity index (χ0) is 17.3. The van der Waals surface area contributed by atoms with Gasteiger partial charge in [-0.25, -0.2) is 13.9 Å². The van der Waals surface area contributed by atoms with Gasteiger partial charge < -0.3 is 4.74 Å². The lowest BCUT2D eigenvalue weighted by Gasteiger charge is -2.34. The molecule has 7 heteroatoms. The van der Waals surface area contributed by atoms with E-state index in [2.05, 4.69) is 5.10 Å². The molecule has 1 saturated carbocycles. The minimum absolute atomic E-state index is 0.278. The number of aromatic nitrogens is 2. The first kappa shape index (κ1) is 17.1. The monoisotopic (exact) mass is 337 g/mol. The van der Waals surface area contributed by atoms with E-state index in [4.69, 9.17) is 4.74 Å². The number of aryl methyl sites for hydroxylation is 1. The van der Waals surface area contributed by atoms with Gasteiger partial charge in [0.2, 0.25) is 0 Å². The quantitative estimate of drug-likeness (QED) is 0.701. The molecule has 2 heterocycles. The van der Waals surface area contributed by atoms with Crippen molar-refractivity contribution in [1.29, 1.82) is 0 Å². The summed E-state index contributed by atoms with van der Waals surface area (Å²) in [6, 6.07) is 0.868. The summed E-state index contributed by atoms with van der Waals surface area (Å²) in [6.45, 7) is 3.48. The van der Waals surface area contributed by atoms with Crippen LogP contribution in [-0.4, -0.2) is 53.6 Å². The lowest BCUT2D eigenvalue weighted by Crippen LogP contribution is -2.49. The maximum Gasteiger partial charge on any atom is 0.330 e. The molecule has 1 atom stereocenters. The maximum absolute atomic E-state index is 12.9. The normalized spacial score (nSPS) is 19.8. The summed E-state index contributed by atoms with van der Waals surface area (Å²) in [4.78, 5) is 26.5. The van der Waals surface area contributed by atoms with Crippen LogP contribution >= 0.6 is 0 Å². The molecule has 1 aliphatic heterocycles. The van der Waals surface area contributed by atoms with Crippen molar-refractivity contribution < 1.29 is 13.9 Å². The zero-order valence-corrected chi connectivity index (χ0v) is 14.2. The van der Waals surface area contributed by atoms with Gasteiger partial charge in [-0.15, -0.1) is 0 Å². The van der Waals surface area contributed by atoms with Crippen molar-refractivity contribution in [2.45, 2.75) is 44.8 Å². The van der Waals surface area contributed by atoms with Gasteiger partial charge in [-0.2, -0.15) is 5.10 Å². The lowest BCUT2D eigenvalue weighted by atomic mass is 10.1. The molecule has 1 saturated heterocycles. The van der Waals surface area contributed by atoms with Gasteiger partial charge in [-0.1, -0.05) is 12.8 Å². The van der Waals surface area contributed by atoms with Gasteiger partial charge in [0.25, 0.3) is 5.56 Å². The molecule has 1 aliphatic carbocycles. The summed E-state index contributed by atoms with van der Waals surface area (Å²) in [5.41, 5.74) is 1.31. The molecule has 1 aromatic heterocycles. The van der Waals surface area contributed by atoms with Crippen LogP contribution in [0.25, 0.3) is 0 Å². The first-order valence-corrected chi connectivity index (χ1v) is 8.51. The van der Waals surface area contributed by atoms with Gasteiger partial charge in [-0.3, -0.25) is 9.69 Å². The van der Waals surface area contributed by atoms with Crippen LogP contribution in [0.15, 0.2) is 10.9 Å². The number of hydrogen-bond acceptors (Lipinski definition) is 5. The smallest absolute Gasteiger partial charge is 0.330 e. The number of carbonyl (C=O) groups excluding carboxylic acids is 1. The average molecular weight is 337 g/mol. The summed E-state index contributed by atoms with van der Waals surface area (Å²) in [6.07, 6.45) is 2.67. The van der Waals surface area contributed by atoms with Crippen molar-refractivity contribution in [2.24, 2.45) is 5.92 Å². The van der Waals surface area contributed by atoms with E-state index in [0.29, 0.717) is 38.4 Å². The first-order chi connectivity index (χ1) is 11.5. The highest BCUT2D eigenvalue weighted by molar-refractivity contribution is 5.74. The minimum Gasteiger partial charge on any atom is -0.467 e. The van der Waals surface area contributed by atoms with Crippen LogP contribution in [0.2, 0.25) is 0 Å². The Bertz CT molecular complexity index is 666. The van der Waals surface area contributed by atoms with E-state index in [-0.39, 0.29) is 5.56 Å². The Morgan fingerprint density at radius 2 is 2.17 bits per heavy atom. The van der Waals surface area contributed by atoms with Gasteiger partial charge in [0.05, 0.1) is 12.8 Å². The SMILES string of the molecule is COC(=O)C(CC1CC1)n1nc(CCN2CC(F)C2)c(C)cc1=O. The number of nitrogens with zero attached hydrogens (tertiary/aromatic N) is 3. The maximum atomic E-state index is 12.9. The topological polar surface area (TPSA) is 64.4 Å². The van der Waals surface area contributed by atoms with E-state index >= 15 is 0 Å². The van der Waals surface area contributed by atoms with Crippen LogP contribution in [0.1, 0.15) is 36.6 Å². The van der Waals surface area contributed by atoms with E-state index in [1.165, 1.54) is 17.9 Å². The number of hydrogen-bond donors (Lipinski definition) is 0. The minimum atomic E-state index is -0.727. The average Bonchev–Trinajstić information content (AvgIpc) is 3.33. The third kappa shape index (κ3) is 3.83. The molecule has 3 rings (SSSR count). The molecule has 0 aromatic carbocycles. The second-order valence-corrected chi connectivity index (χ2v) is 6.88. The van der Waals surface area contributed by atoms with Gasteiger partial charge in [-0.05, 0) is 24.8 Å². The Morgan fingerprint density at radius 1 is 1.46 bits per heavy atom. The predicted molar refractivity (Wildman–Crippen MR) is 86.7 cm³/mol. The van der Waals surface area contributed by atoms with Gasteiger partial charge >= 0.3 is 5.97 Å². The van der Waals surface area contributed by atoms with E-state index in [1.807, 2.05) is 11.8 Å². The highest BCUT2D eigenvalue weighted by atomic mass is 19.1. The van der Waals surface area contributed by atoms with E-state index in [9.17, 15) is 14.0 Å². The van der Waals surface area contributed by atoms with Crippen molar-refractivity contribution >= 4 is 5.97 Å². The molecule has 1 unspecified atom stereocenters. The summed E-state index contributed by atoms with van der Waals surface area (Å²) in [5, 5.41) is 4.45.